The first kappa shape index (κ1) is 12.0. The topological polar surface area (TPSA) is 44.5 Å². The molecule has 2 heterocycles. The Morgan fingerprint density at radius 1 is 1.17 bits per heavy atom. The van der Waals surface area contributed by atoms with E-state index in [0.717, 1.165) is 38.4 Å². The first-order valence-electron chi connectivity index (χ1n) is 6.91. The number of hydrogen-bond acceptors (Lipinski definition) is 3. The smallest absolute Gasteiger partial charge is 0.122 e. The molecule has 2 aliphatic rings. The van der Waals surface area contributed by atoms with Crippen molar-refractivity contribution in [2.45, 2.75) is 31.2 Å². The average Bonchev–Trinajstić information content (AvgIpc) is 2.47. The third kappa shape index (κ3) is 2.25. The molecular weight excluding hydrogens is 226 g/mol. The minimum Gasteiger partial charge on any atom is -0.493 e. The zero-order chi connectivity index (χ0) is 12.4. The van der Waals surface area contributed by atoms with Gasteiger partial charge in [-0.2, -0.15) is 0 Å². The molecule has 3 heteroatoms. The summed E-state index contributed by atoms with van der Waals surface area (Å²) in [5, 5.41) is 0. The lowest BCUT2D eigenvalue weighted by Gasteiger charge is -2.36. The Labute approximate surface area is 108 Å². The first-order chi connectivity index (χ1) is 8.86. The molecule has 1 aromatic rings. The van der Waals surface area contributed by atoms with Gasteiger partial charge in [0.05, 0.1) is 13.2 Å². The molecule has 3 rings (SSSR count). The molecule has 3 atom stereocenters. The Balaban J connectivity index is 1.80. The molecule has 1 saturated heterocycles. The van der Waals surface area contributed by atoms with Gasteiger partial charge in [-0.1, -0.05) is 18.2 Å². The van der Waals surface area contributed by atoms with E-state index in [2.05, 4.69) is 12.1 Å². The van der Waals surface area contributed by atoms with Crippen LogP contribution >= 0.6 is 0 Å². The Morgan fingerprint density at radius 3 is 2.89 bits per heavy atom. The molecule has 2 aliphatic heterocycles. The van der Waals surface area contributed by atoms with Crippen LogP contribution in [0.1, 0.15) is 30.7 Å². The van der Waals surface area contributed by atoms with Crippen LogP contribution in [-0.2, 0) is 4.74 Å². The number of hydrogen-bond donors (Lipinski definition) is 1. The van der Waals surface area contributed by atoms with E-state index in [-0.39, 0.29) is 6.04 Å². The molecule has 0 saturated carbocycles. The average molecular weight is 247 g/mol. The van der Waals surface area contributed by atoms with Crippen LogP contribution in [0.3, 0.4) is 0 Å². The highest BCUT2D eigenvalue weighted by Crippen LogP contribution is 2.38. The largest absolute Gasteiger partial charge is 0.493 e. The van der Waals surface area contributed by atoms with Crippen LogP contribution in [0, 0.1) is 5.92 Å². The molecular formula is C15H21NO2. The molecule has 0 bridgehead atoms. The van der Waals surface area contributed by atoms with E-state index >= 15 is 0 Å². The molecule has 0 aliphatic carbocycles. The maximum Gasteiger partial charge on any atom is 0.122 e. The van der Waals surface area contributed by atoms with Crippen molar-refractivity contribution in [1.82, 2.24) is 0 Å². The number of benzene rings is 1. The molecule has 0 amide bonds. The summed E-state index contributed by atoms with van der Waals surface area (Å²) >= 11 is 0. The van der Waals surface area contributed by atoms with Gasteiger partial charge >= 0.3 is 0 Å². The van der Waals surface area contributed by atoms with Gasteiger partial charge in [0.2, 0.25) is 0 Å². The van der Waals surface area contributed by atoms with E-state index in [1.54, 1.807) is 0 Å². The predicted molar refractivity (Wildman–Crippen MR) is 70.8 cm³/mol. The van der Waals surface area contributed by atoms with Gasteiger partial charge in [0.1, 0.15) is 5.75 Å². The number of ether oxygens (including phenoxy) is 2. The molecule has 0 spiro atoms. The van der Waals surface area contributed by atoms with Gasteiger partial charge in [-0.25, -0.2) is 0 Å². The van der Waals surface area contributed by atoms with Crippen LogP contribution in [0.15, 0.2) is 24.3 Å². The quantitative estimate of drug-likeness (QED) is 0.872. The fourth-order valence-corrected chi connectivity index (χ4v) is 3.17. The second kappa shape index (κ2) is 5.29. The van der Waals surface area contributed by atoms with Crippen molar-refractivity contribution < 1.29 is 9.47 Å². The second-order valence-electron chi connectivity index (χ2n) is 5.34. The standard InChI is InChI=1S/C15H21NO2/c16-15(11-4-3-8-17-10-11)13-7-9-18-14-6-2-1-5-12(13)14/h1-2,5-6,11,13,15H,3-4,7-10,16H2. The summed E-state index contributed by atoms with van der Waals surface area (Å²) in [6.07, 6.45) is 3.36. The van der Waals surface area contributed by atoms with E-state index in [1.165, 1.54) is 12.0 Å². The molecule has 0 aromatic heterocycles. The van der Waals surface area contributed by atoms with Crippen LogP contribution < -0.4 is 10.5 Å². The van der Waals surface area contributed by atoms with E-state index in [1.807, 2.05) is 12.1 Å². The van der Waals surface area contributed by atoms with Crippen molar-refractivity contribution in [2.24, 2.45) is 11.7 Å². The number of nitrogens with two attached hydrogens (primary N) is 1. The van der Waals surface area contributed by atoms with Gasteiger partial charge in [0, 0.05) is 18.6 Å². The molecule has 1 fully saturated rings. The van der Waals surface area contributed by atoms with Crippen LogP contribution in [-0.4, -0.2) is 25.9 Å². The molecule has 0 radical (unpaired) electrons. The van der Waals surface area contributed by atoms with Gasteiger partial charge in [-0.05, 0) is 36.8 Å². The minimum absolute atomic E-state index is 0.190. The Bertz CT molecular complexity index is 401. The summed E-state index contributed by atoms with van der Waals surface area (Å²) in [4.78, 5) is 0. The third-order valence-corrected chi connectivity index (χ3v) is 4.21. The Morgan fingerprint density at radius 2 is 2.06 bits per heavy atom. The van der Waals surface area contributed by atoms with E-state index in [4.69, 9.17) is 15.2 Å². The minimum atomic E-state index is 0.190. The van der Waals surface area contributed by atoms with Crippen molar-refractivity contribution in [3.63, 3.8) is 0 Å². The number of fused-ring (bicyclic) bond motifs is 1. The van der Waals surface area contributed by atoms with Crippen molar-refractivity contribution in [3.05, 3.63) is 29.8 Å². The van der Waals surface area contributed by atoms with Gasteiger partial charge in [-0.15, -0.1) is 0 Å². The third-order valence-electron chi connectivity index (χ3n) is 4.21. The summed E-state index contributed by atoms with van der Waals surface area (Å²) in [5.74, 6) is 1.93. The van der Waals surface area contributed by atoms with Gasteiger partial charge < -0.3 is 15.2 Å². The van der Waals surface area contributed by atoms with Crippen LogP contribution in [0.2, 0.25) is 0 Å². The fraction of sp³-hybridized carbons (Fsp3) is 0.600. The molecule has 1 aromatic carbocycles. The first-order valence-corrected chi connectivity index (χ1v) is 6.91. The highest BCUT2D eigenvalue weighted by Gasteiger charge is 2.32. The summed E-state index contributed by atoms with van der Waals surface area (Å²) < 4.78 is 11.3. The molecule has 3 nitrogen and oxygen atoms in total. The van der Waals surface area contributed by atoms with E-state index in [0.29, 0.717) is 11.8 Å². The highest BCUT2D eigenvalue weighted by molar-refractivity contribution is 5.38. The van der Waals surface area contributed by atoms with Crippen molar-refractivity contribution in [3.8, 4) is 5.75 Å². The summed E-state index contributed by atoms with van der Waals surface area (Å²) in [7, 11) is 0. The van der Waals surface area contributed by atoms with Crippen LogP contribution in [0.5, 0.6) is 5.75 Å². The normalized spacial score (nSPS) is 29.2. The molecule has 3 unspecified atom stereocenters. The molecule has 98 valence electrons. The van der Waals surface area contributed by atoms with Crippen molar-refractivity contribution in [2.75, 3.05) is 19.8 Å². The van der Waals surface area contributed by atoms with Crippen molar-refractivity contribution in [1.29, 1.82) is 0 Å². The zero-order valence-electron chi connectivity index (χ0n) is 10.7. The second-order valence-corrected chi connectivity index (χ2v) is 5.34. The summed E-state index contributed by atoms with van der Waals surface area (Å²) in [5.41, 5.74) is 7.78. The SMILES string of the molecule is NC(C1CCCOC1)C1CCOc2ccccc21. The lowest BCUT2D eigenvalue weighted by Crippen LogP contribution is -2.42. The number of para-hydroxylation sites is 1. The molecule has 18 heavy (non-hydrogen) atoms. The predicted octanol–water partition coefficient (Wildman–Crippen LogP) is 2.31. The van der Waals surface area contributed by atoms with Gasteiger partial charge in [0.25, 0.3) is 0 Å². The van der Waals surface area contributed by atoms with Gasteiger partial charge in [0.15, 0.2) is 0 Å². The monoisotopic (exact) mass is 247 g/mol. The highest BCUT2D eigenvalue weighted by atomic mass is 16.5. The Kier molecular flexibility index (Phi) is 3.52. The van der Waals surface area contributed by atoms with Crippen LogP contribution in [0.4, 0.5) is 0 Å². The summed E-state index contributed by atoms with van der Waals surface area (Å²) in [6.45, 7) is 2.50. The van der Waals surface area contributed by atoms with Crippen LogP contribution in [0.25, 0.3) is 0 Å². The maximum absolute atomic E-state index is 6.50. The zero-order valence-corrected chi connectivity index (χ0v) is 10.7. The lowest BCUT2D eigenvalue weighted by molar-refractivity contribution is 0.0387. The molecule has 2 N–H and O–H groups in total. The van der Waals surface area contributed by atoms with Crippen molar-refractivity contribution >= 4 is 0 Å². The van der Waals surface area contributed by atoms with E-state index in [9.17, 15) is 0 Å². The fourth-order valence-electron chi connectivity index (χ4n) is 3.17. The lowest BCUT2D eigenvalue weighted by atomic mass is 9.79. The summed E-state index contributed by atoms with van der Waals surface area (Å²) in [6, 6.07) is 8.49. The maximum atomic E-state index is 6.50. The van der Waals surface area contributed by atoms with Gasteiger partial charge in [-0.3, -0.25) is 0 Å². The Hall–Kier alpha value is -1.06. The number of rotatable bonds is 2. The van der Waals surface area contributed by atoms with E-state index < -0.39 is 0 Å².